The van der Waals surface area contributed by atoms with Crippen molar-refractivity contribution in [2.75, 3.05) is 10.6 Å². The molecule has 0 amide bonds. The topological polar surface area (TPSA) is 116 Å². The predicted molar refractivity (Wildman–Crippen MR) is 89.4 cm³/mol. The second kappa shape index (κ2) is 5.88. The molecule has 24 heavy (non-hydrogen) atoms. The molecule has 3 aromatic rings. The zero-order chi connectivity index (χ0) is 17.3. The van der Waals surface area contributed by atoms with E-state index in [0.29, 0.717) is 5.69 Å². The standard InChI is InChI=1S/C17H12N2O5/c20-14-10(17(23)24)7-4-8-11(14)19-13-12(15(21)16(13)22)18-9-5-2-1-3-6-9/h1-8,18-20H,(H,23,24). The van der Waals surface area contributed by atoms with Crippen molar-refractivity contribution in [2.45, 2.75) is 0 Å². The van der Waals surface area contributed by atoms with E-state index in [0.717, 1.165) is 0 Å². The molecular weight excluding hydrogens is 312 g/mol. The third-order valence-electron chi connectivity index (χ3n) is 3.48. The molecule has 0 saturated heterocycles. The minimum Gasteiger partial charge on any atom is -0.505 e. The number of carboxylic acids is 1. The van der Waals surface area contributed by atoms with Crippen molar-refractivity contribution in [2.24, 2.45) is 0 Å². The summed E-state index contributed by atoms with van der Waals surface area (Å²) in [6, 6.07) is 12.8. The van der Waals surface area contributed by atoms with Crippen molar-refractivity contribution in [3.05, 3.63) is 74.5 Å². The highest BCUT2D eigenvalue weighted by Crippen LogP contribution is 2.32. The Bertz CT molecular complexity index is 988. The van der Waals surface area contributed by atoms with Crippen LogP contribution < -0.4 is 21.5 Å². The lowest BCUT2D eigenvalue weighted by Gasteiger charge is -2.16. The number of anilines is 4. The van der Waals surface area contributed by atoms with Gasteiger partial charge in [-0.2, -0.15) is 0 Å². The molecule has 0 saturated carbocycles. The van der Waals surface area contributed by atoms with Crippen LogP contribution >= 0.6 is 0 Å². The molecule has 0 spiro atoms. The molecule has 7 heteroatoms. The van der Waals surface area contributed by atoms with E-state index >= 15 is 0 Å². The maximum atomic E-state index is 11.8. The number of aromatic hydroxyl groups is 1. The number of rotatable bonds is 5. The highest BCUT2D eigenvalue weighted by atomic mass is 16.4. The zero-order valence-electron chi connectivity index (χ0n) is 12.2. The van der Waals surface area contributed by atoms with Crippen LogP contribution in [0.25, 0.3) is 0 Å². The first kappa shape index (κ1) is 15.3. The minimum absolute atomic E-state index is 0.0260. The highest BCUT2D eigenvalue weighted by Gasteiger charge is 2.23. The molecule has 0 aliphatic heterocycles. The molecule has 0 aliphatic rings. The van der Waals surface area contributed by atoms with Gasteiger partial charge >= 0.3 is 5.97 Å². The summed E-state index contributed by atoms with van der Waals surface area (Å²) < 4.78 is 0. The van der Waals surface area contributed by atoms with Crippen molar-refractivity contribution >= 4 is 28.7 Å². The van der Waals surface area contributed by atoms with Crippen LogP contribution in [-0.2, 0) is 0 Å². The van der Waals surface area contributed by atoms with Gasteiger partial charge in [0.2, 0.25) is 0 Å². The molecule has 3 rings (SSSR count). The summed E-state index contributed by atoms with van der Waals surface area (Å²) in [6.45, 7) is 0. The molecule has 0 aromatic heterocycles. The van der Waals surface area contributed by atoms with Crippen LogP contribution in [0.2, 0.25) is 0 Å². The number of phenols is 1. The Labute approximate surface area is 135 Å². The van der Waals surface area contributed by atoms with Crippen molar-refractivity contribution in [3.63, 3.8) is 0 Å². The Balaban J connectivity index is 1.94. The molecule has 0 radical (unpaired) electrons. The third kappa shape index (κ3) is 2.58. The van der Waals surface area contributed by atoms with Crippen LogP contribution in [0.5, 0.6) is 5.75 Å². The number of aromatic carboxylic acids is 1. The molecule has 0 fully saturated rings. The Kier molecular flexibility index (Phi) is 3.75. The quantitative estimate of drug-likeness (QED) is 0.420. The SMILES string of the molecule is O=C(O)c1cccc(Nc2c(Nc3ccccc3)c(=O)c2=O)c1O. The number of benzene rings is 2. The van der Waals surface area contributed by atoms with Crippen LogP contribution in [0, 0.1) is 0 Å². The summed E-state index contributed by atoms with van der Waals surface area (Å²) >= 11 is 0. The van der Waals surface area contributed by atoms with E-state index in [1.54, 1.807) is 24.3 Å². The summed E-state index contributed by atoms with van der Waals surface area (Å²) in [7, 11) is 0. The monoisotopic (exact) mass is 324 g/mol. The smallest absolute Gasteiger partial charge is 0.339 e. The number of para-hydroxylation sites is 2. The van der Waals surface area contributed by atoms with E-state index in [4.69, 9.17) is 5.11 Å². The lowest BCUT2D eigenvalue weighted by Crippen LogP contribution is -2.35. The van der Waals surface area contributed by atoms with E-state index in [1.165, 1.54) is 18.2 Å². The summed E-state index contributed by atoms with van der Waals surface area (Å²) in [5.41, 5.74) is -1.05. The van der Waals surface area contributed by atoms with Crippen molar-refractivity contribution < 1.29 is 15.0 Å². The molecular formula is C17H12N2O5. The fraction of sp³-hybridized carbons (Fsp3) is 0. The average molecular weight is 324 g/mol. The fourth-order valence-electron chi connectivity index (χ4n) is 2.25. The van der Waals surface area contributed by atoms with Gasteiger partial charge in [-0.15, -0.1) is 0 Å². The van der Waals surface area contributed by atoms with Crippen LogP contribution in [0.4, 0.5) is 22.7 Å². The number of nitrogens with one attached hydrogen (secondary N) is 2. The van der Waals surface area contributed by atoms with Crippen molar-refractivity contribution in [1.82, 2.24) is 0 Å². The van der Waals surface area contributed by atoms with Crippen LogP contribution in [-0.4, -0.2) is 16.2 Å². The van der Waals surface area contributed by atoms with E-state index < -0.39 is 22.6 Å². The summed E-state index contributed by atoms with van der Waals surface area (Å²) in [4.78, 5) is 34.6. The molecule has 7 nitrogen and oxygen atoms in total. The predicted octanol–water partition coefficient (Wildman–Crippen LogP) is 2.17. The number of carboxylic acid groups (broad SMARTS) is 1. The van der Waals surface area contributed by atoms with Gasteiger partial charge in [0.15, 0.2) is 5.75 Å². The molecule has 0 heterocycles. The molecule has 0 bridgehead atoms. The molecule has 0 aliphatic carbocycles. The Hall–Kier alpha value is -3.61. The van der Waals surface area contributed by atoms with Crippen molar-refractivity contribution in [3.8, 4) is 5.75 Å². The van der Waals surface area contributed by atoms with Gasteiger partial charge in [0.1, 0.15) is 16.9 Å². The van der Waals surface area contributed by atoms with Crippen molar-refractivity contribution in [1.29, 1.82) is 0 Å². The normalized spacial score (nSPS) is 10.5. The number of carbonyl (C=O) groups is 1. The molecule has 4 N–H and O–H groups in total. The highest BCUT2D eigenvalue weighted by molar-refractivity contribution is 5.94. The van der Waals surface area contributed by atoms with Crippen LogP contribution in [0.15, 0.2) is 58.1 Å². The van der Waals surface area contributed by atoms with Gasteiger partial charge in [0, 0.05) is 5.69 Å². The Morgan fingerprint density at radius 3 is 2.08 bits per heavy atom. The van der Waals surface area contributed by atoms with Gasteiger partial charge in [-0.05, 0) is 24.3 Å². The van der Waals surface area contributed by atoms with Gasteiger partial charge < -0.3 is 20.8 Å². The lowest BCUT2D eigenvalue weighted by atomic mass is 10.1. The molecule has 3 aromatic carbocycles. The third-order valence-corrected chi connectivity index (χ3v) is 3.48. The van der Waals surface area contributed by atoms with Crippen LogP contribution in [0.1, 0.15) is 10.4 Å². The first-order chi connectivity index (χ1) is 11.5. The van der Waals surface area contributed by atoms with Gasteiger partial charge in [-0.1, -0.05) is 24.3 Å². The lowest BCUT2D eigenvalue weighted by molar-refractivity contribution is 0.0694. The summed E-state index contributed by atoms with van der Waals surface area (Å²) in [5, 5.41) is 24.4. The Morgan fingerprint density at radius 1 is 0.833 bits per heavy atom. The van der Waals surface area contributed by atoms with E-state index in [9.17, 15) is 19.5 Å². The first-order valence-electron chi connectivity index (χ1n) is 6.96. The number of hydrogen-bond donors (Lipinski definition) is 4. The largest absolute Gasteiger partial charge is 0.505 e. The minimum atomic E-state index is -1.30. The maximum absolute atomic E-state index is 11.8. The Morgan fingerprint density at radius 2 is 1.46 bits per heavy atom. The molecule has 120 valence electrons. The van der Waals surface area contributed by atoms with E-state index in [2.05, 4.69) is 10.6 Å². The van der Waals surface area contributed by atoms with E-state index in [-0.39, 0.29) is 22.6 Å². The first-order valence-corrected chi connectivity index (χ1v) is 6.96. The zero-order valence-corrected chi connectivity index (χ0v) is 12.2. The molecule has 0 atom stereocenters. The van der Waals surface area contributed by atoms with Gasteiger partial charge in [-0.3, -0.25) is 9.59 Å². The second-order valence-electron chi connectivity index (χ2n) is 5.03. The molecule has 0 unspecified atom stereocenters. The summed E-state index contributed by atoms with van der Waals surface area (Å²) in [5.74, 6) is -1.81. The average Bonchev–Trinajstić information content (AvgIpc) is 2.59. The number of hydrogen-bond acceptors (Lipinski definition) is 6. The van der Waals surface area contributed by atoms with Gasteiger partial charge in [0.05, 0.1) is 5.69 Å². The van der Waals surface area contributed by atoms with Gasteiger partial charge in [0.25, 0.3) is 10.9 Å². The second-order valence-corrected chi connectivity index (χ2v) is 5.03. The maximum Gasteiger partial charge on any atom is 0.339 e. The van der Waals surface area contributed by atoms with Gasteiger partial charge in [-0.25, -0.2) is 4.79 Å². The fourth-order valence-corrected chi connectivity index (χ4v) is 2.25. The summed E-state index contributed by atoms with van der Waals surface area (Å²) in [6.07, 6.45) is 0. The van der Waals surface area contributed by atoms with Crippen LogP contribution in [0.3, 0.4) is 0 Å². The van der Waals surface area contributed by atoms with E-state index in [1.807, 2.05) is 6.07 Å².